The number of aliphatic hydroxyl groups is 2. The molecular weight excluding hydrogens is 204 g/mol. The fourth-order valence-corrected chi connectivity index (χ4v) is 1.09. The van der Waals surface area contributed by atoms with Gasteiger partial charge >= 0.3 is 6.18 Å². The normalized spacial score (nSPS) is 19.5. The van der Waals surface area contributed by atoms with Gasteiger partial charge in [0.05, 0.1) is 12.7 Å². The van der Waals surface area contributed by atoms with Gasteiger partial charge in [-0.2, -0.15) is 13.2 Å². The van der Waals surface area contributed by atoms with Gasteiger partial charge in [0.2, 0.25) is 5.67 Å². The van der Waals surface area contributed by atoms with Crippen molar-refractivity contribution >= 4 is 0 Å². The topological polar surface area (TPSA) is 40.5 Å². The molecule has 2 unspecified atom stereocenters. The highest BCUT2D eigenvalue weighted by Gasteiger charge is 2.58. The lowest BCUT2D eigenvalue weighted by atomic mass is 9.86. The van der Waals surface area contributed by atoms with E-state index in [9.17, 15) is 17.6 Å². The molecule has 0 aromatic rings. The third-order valence-corrected chi connectivity index (χ3v) is 2.13. The molecule has 0 radical (unpaired) electrons. The number of rotatable bonds is 4. The van der Waals surface area contributed by atoms with Crippen molar-refractivity contribution in [2.24, 2.45) is 5.92 Å². The Labute approximate surface area is 79.5 Å². The Morgan fingerprint density at radius 1 is 1.14 bits per heavy atom. The number of hydrogen-bond donors (Lipinski definition) is 2. The maximum Gasteiger partial charge on any atom is 0.422 e. The minimum Gasteiger partial charge on any atom is -0.394 e. The van der Waals surface area contributed by atoms with Crippen molar-refractivity contribution in [3.8, 4) is 0 Å². The van der Waals surface area contributed by atoms with E-state index in [1.54, 1.807) is 0 Å². The zero-order valence-corrected chi connectivity index (χ0v) is 7.98. The molecule has 0 saturated carbocycles. The van der Waals surface area contributed by atoms with Gasteiger partial charge in [-0.25, -0.2) is 4.39 Å². The Bertz CT molecular complexity index is 181. The van der Waals surface area contributed by atoms with Crippen molar-refractivity contribution in [3.05, 3.63) is 0 Å². The number of aliphatic hydroxyl groups excluding tert-OH is 2. The van der Waals surface area contributed by atoms with E-state index in [1.165, 1.54) is 0 Å². The van der Waals surface area contributed by atoms with E-state index >= 15 is 0 Å². The average molecular weight is 218 g/mol. The highest BCUT2D eigenvalue weighted by Crippen LogP contribution is 2.42. The Morgan fingerprint density at radius 3 is 1.79 bits per heavy atom. The molecular formula is C8H14F4O2. The average Bonchev–Trinajstić information content (AvgIpc) is 2.01. The van der Waals surface area contributed by atoms with E-state index in [-0.39, 0.29) is 0 Å². The third-order valence-electron chi connectivity index (χ3n) is 2.13. The van der Waals surface area contributed by atoms with Crippen LogP contribution in [0.1, 0.15) is 20.3 Å². The lowest BCUT2D eigenvalue weighted by Gasteiger charge is -2.32. The van der Waals surface area contributed by atoms with Crippen LogP contribution in [-0.4, -0.2) is 34.8 Å². The van der Waals surface area contributed by atoms with E-state index < -0.39 is 36.9 Å². The highest BCUT2D eigenvalue weighted by atomic mass is 19.4. The molecule has 6 heteroatoms. The standard InChI is InChI=1S/C8H14F4O2/c1-5(2)7(9,8(10,11)12)3-6(14)4-13/h5-6,13-14H,3-4H2,1-2H3. The van der Waals surface area contributed by atoms with E-state index in [0.29, 0.717) is 0 Å². The van der Waals surface area contributed by atoms with Crippen LogP contribution in [0.4, 0.5) is 17.6 Å². The van der Waals surface area contributed by atoms with Crippen LogP contribution in [0, 0.1) is 5.92 Å². The number of hydrogen-bond acceptors (Lipinski definition) is 2. The fourth-order valence-electron chi connectivity index (χ4n) is 1.09. The van der Waals surface area contributed by atoms with Gasteiger partial charge < -0.3 is 10.2 Å². The first kappa shape index (κ1) is 13.6. The summed E-state index contributed by atoms with van der Waals surface area (Å²) >= 11 is 0. The molecule has 0 fully saturated rings. The second-order valence-corrected chi connectivity index (χ2v) is 3.56. The first-order valence-corrected chi connectivity index (χ1v) is 4.19. The van der Waals surface area contributed by atoms with Crippen molar-refractivity contribution in [3.63, 3.8) is 0 Å². The summed E-state index contributed by atoms with van der Waals surface area (Å²) in [5.74, 6) is -1.30. The van der Waals surface area contributed by atoms with Gasteiger partial charge in [-0.3, -0.25) is 0 Å². The first-order chi connectivity index (χ1) is 6.15. The molecule has 0 saturated heterocycles. The fraction of sp³-hybridized carbons (Fsp3) is 1.00. The smallest absolute Gasteiger partial charge is 0.394 e. The molecule has 0 aromatic carbocycles. The van der Waals surface area contributed by atoms with Gasteiger partial charge in [0, 0.05) is 6.42 Å². The second kappa shape index (κ2) is 4.44. The number of alkyl halides is 4. The SMILES string of the molecule is CC(C)C(F)(CC(O)CO)C(F)(F)F. The molecule has 0 amide bonds. The van der Waals surface area contributed by atoms with Crippen LogP contribution in [0.25, 0.3) is 0 Å². The monoisotopic (exact) mass is 218 g/mol. The Hall–Kier alpha value is -0.360. The van der Waals surface area contributed by atoms with Crippen LogP contribution >= 0.6 is 0 Å². The molecule has 0 aliphatic rings. The molecule has 2 atom stereocenters. The molecule has 0 aromatic heterocycles. The summed E-state index contributed by atoms with van der Waals surface area (Å²) in [5.41, 5.74) is -3.45. The largest absolute Gasteiger partial charge is 0.422 e. The van der Waals surface area contributed by atoms with Crippen LogP contribution in [0.3, 0.4) is 0 Å². The van der Waals surface area contributed by atoms with E-state index in [0.717, 1.165) is 13.8 Å². The van der Waals surface area contributed by atoms with Crippen LogP contribution in [0.15, 0.2) is 0 Å². The zero-order valence-electron chi connectivity index (χ0n) is 7.98. The summed E-state index contributed by atoms with van der Waals surface area (Å²) in [6.07, 6.45) is -7.86. The molecule has 86 valence electrons. The maximum absolute atomic E-state index is 13.5. The molecule has 0 bridgehead atoms. The highest BCUT2D eigenvalue weighted by molar-refractivity contribution is 4.92. The van der Waals surface area contributed by atoms with E-state index in [4.69, 9.17) is 10.2 Å². The Kier molecular flexibility index (Phi) is 4.33. The summed E-state index contributed by atoms with van der Waals surface area (Å²) in [4.78, 5) is 0. The molecule has 0 aliphatic carbocycles. The predicted octanol–water partition coefficient (Wildman–Crippen LogP) is 1.66. The summed E-state index contributed by atoms with van der Waals surface area (Å²) in [7, 11) is 0. The van der Waals surface area contributed by atoms with Crippen LogP contribution in [0.5, 0.6) is 0 Å². The van der Waals surface area contributed by atoms with E-state index in [2.05, 4.69) is 0 Å². The van der Waals surface area contributed by atoms with Crippen LogP contribution < -0.4 is 0 Å². The van der Waals surface area contributed by atoms with Crippen molar-refractivity contribution in [1.82, 2.24) is 0 Å². The second-order valence-electron chi connectivity index (χ2n) is 3.56. The van der Waals surface area contributed by atoms with Crippen molar-refractivity contribution in [1.29, 1.82) is 0 Å². The van der Waals surface area contributed by atoms with Crippen molar-refractivity contribution in [2.45, 2.75) is 38.2 Å². The Balaban J connectivity index is 4.74. The molecule has 2 nitrogen and oxygen atoms in total. The van der Waals surface area contributed by atoms with Gasteiger partial charge in [-0.05, 0) is 5.92 Å². The number of halogens is 4. The minimum atomic E-state index is -5.03. The molecule has 14 heavy (non-hydrogen) atoms. The molecule has 0 heterocycles. The lowest BCUT2D eigenvalue weighted by molar-refractivity contribution is -0.254. The van der Waals surface area contributed by atoms with Gasteiger partial charge in [-0.15, -0.1) is 0 Å². The summed E-state index contributed by atoms with van der Waals surface area (Å²) < 4.78 is 50.3. The molecule has 0 aliphatic heterocycles. The van der Waals surface area contributed by atoms with Crippen LogP contribution in [-0.2, 0) is 0 Å². The molecule has 0 spiro atoms. The Morgan fingerprint density at radius 2 is 1.57 bits per heavy atom. The zero-order chi connectivity index (χ0) is 11.6. The van der Waals surface area contributed by atoms with E-state index in [1.807, 2.05) is 0 Å². The summed E-state index contributed by atoms with van der Waals surface area (Å²) in [6, 6.07) is 0. The van der Waals surface area contributed by atoms with Gasteiger partial charge in [0.15, 0.2) is 0 Å². The third kappa shape index (κ3) is 2.81. The lowest BCUT2D eigenvalue weighted by Crippen LogP contribution is -2.48. The minimum absolute atomic E-state index is 0.880. The van der Waals surface area contributed by atoms with Crippen LogP contribution in [0.2, 0.25) is 0 Å². The maximum atomic E-state index is 13.5. The van der Waals surface area contributed by atoms with Gasteiger partial charge in [0.25, 0.3) is 0 Å². The molecule has 2 N–H and O–H groups in total. The van der Waals surface area contributed by atoms with Crippen molar-refractivity contribution in [2.75, 3.05) is 6.61 Å². The quantitative estimate of drug-likeness (QED) is 0.704. The predicted molar refractivity (Wildman–Crippen MR) is 42.4 cm³/mol. The van der Waals surface area contributed by atoms with Gasteiger partial charge in [-0.1, -0.05) is 13.8 Å². The summed E-state index contributed by atoms with van der Waals surface area (Å²) in [5, 5.41) is 17.2. The molecule has 0 rings (SSSR count). The summed E-state index contributed by atoms with van der Waals surface area (Å²) in [6.45, 7) is 1.28. The van der Waals surface area contributed by atoms with Crippen molar-refractivity contribution < 1.29 is 27.8 Å². The first-order valence-electron chi connectivity index (χ1n) is 4.19. The van der Waals surface area contributed by atoms with Gasteiger partial charge in [0.1, 0.15) is 0 Å².